The molecule has 0 atom stereocenters. The van der Waals surface area contributed by atoms with E-state index in [1.807, 2.05) is 34.0 Å². The Labute approximate surface area is 602 Å². The lowest BCUT2D eigenvalue weighted by atomic mass is 9.83. The van der Waals surface area contributed by atoms with Crippen molar-refractivity contribution in [2.24, 2.45) is 0 Å². The molecule has 18 aromatic carbocycles. The molecule has 3 aromatic heterocycles. The van der Waals surface area contributed by atoms with E-state index in [1.54, 1.807) is 0 Å². The maximum atomic E-state index is 2.52. The second-order valence-electron chi connectivity index (χ2n) is 27.5. The normalized spacial score (nSPS) is 12.1. The van der Waals surface area contributed by atoms with Crippen molar-refractivity contribution in [2.75, 3.05) is 0 Å². The molecule has 0 amide bonds. The molecule has 0 aliphatic heterocycles. The highest BCUT2D eigenvalue weighted by atomic mass is 32.1. The Morgan fingerprint density at radius 1 is 0.206 bits per heavy atom. The number of rotatable bonds is 9. The Kier molecular flexibility index (Phi) is 13.5. The lowest BCUT2D eigenvalue weighted by Gasteiger charge is -2.20. The average molecular weight is 1350 g/mol. The first-order chi connectivity index (χ1) is 50.5. The molecule has 3 heteroatoms. The van der Waals surface area contributed by atoms with Gasteiger partial charge in [-0.2, -0.15) is 0 Å². The highest BCUT2D eigenvalue weighted by molar-refractivity contribution is 7.27. The van der Waals surface area contributed by atoms with Crippen LogP contribution >= 0.6 is 34.0 Å². The van der Waals surface area contributed by atoms with Crippen LogP contribution in [0, 0.1) is 6.92 Å². The highest BCUT2D eigenvalue weighted by Gasteiger charge is 2.26. The SMILES string of the molecule is CCc1c(-c2cc(-c3cccc(-c4cccc(-c5c6ccccc6c(-c6cc7c8ccccc8sc7c7cc8sc9ccccc9c8cc67)c6ccccc56)c4)c3)ccc2C)c2ccccc2c2sc3cc(-c4c5ccccc5c(-c5cccc(-c6ccccc6)c5)c5ccccc45)ccc3c12. The van der Waals surface area contributed by atoms with E-state index in [-0.39, 0.29) is 0 Å². The minimum atomic E-state index is 0.894. The number of hydrogen-bond donors (Lipinski definition) is 0. The van der Waals surface area contributed by atoms with Crippen LogP contribution in [-0.2, 0) is 6.42 Å². The first-order valence-corrected chi connectivity index (χ1v) is 37.9. The van der Waals surface area contributed by atoms with Gasteiger partial charge in [0.25, 0.3) is 0 Å². The molecular formula is C99H62S3. The smallest absolute Gasteiger partial charge is 0.0437 e. The minimum Gasteiger partial charge on any atom is -0.135 e. The molecule has 21 rings (SSSR count). The lowest BCUT2D eigenvalue weighted by molar-refractivity contribution is 1.17. The van der Waals surface area contributed by atoms with Crippen LogP contribution in [-0.4, -0.2) is 0 Å². The molecule has 476 valence electrons. The topological polar surface area (TPSA) is 0 Å². The molecule has 0 nitrogen and oxygen atoms in total. The van der Waals surface area contributed by atoms with E-state index < -0.39 is 0 Å². The zero-order chi connectivity index (χ0) is 67.3. The number of thiophene rings is 3. The van der Waals surface area contributed by atoms with Gasteiger partial charge in [0.2, 0.25) is 0 Å². The predicted molar refractivity (Wildman–Crippen MR) is 448 cm³/mol. The van der Waals surface area contributed by atoms with Gasteiger partial charge in [-0.05, 0) is 228 Å². The summed E-state index contributed by atoms with van der Waals surface area (Å²) < 4.78 is 7.99. The maximum absolute atomic E-state index is 2.52. The quantitative estimate of drug-likeness (QED) is 0.126. The van der Waals surface area contributed by atoms with E-state index >= 15 is 0 Å². The Balaban J connectivity index is 0.676. The summed E-state index contributed by atoms with van der Waals surface area (Å²) in [5.74, 6) is 0. The highest BCUT2D eigenvalue weighted by Crippen LogP contribution is 2.54. The van der Waals surface area contributed by atoms with Gasteiger partial charge in [-0.3, -0.25) is 0 Å². The average Bonchev–Trinajstić information content (AvgIpc) is 1.38. The van der Waals surface area contributed by atoms with Crippen molar-refractivity contribution >= 4 is 159 Å². The fourth-order valence-electron chi connectivity index (χ4n) is 17.4. The summed E-state index contributed by atoms with van der Waals surface area (Å²) in [5, 5.41) is 23.2. The zero-order valence-corrected chi connectivity index (χ0v) is 58.6. The Morgan fingerprint density at radius 2 is 0.598 bits per heavy atom. The summed E-state index contributed by atoms with van der Waals surface area (Å²) in [6.45, 7) is 4.65. The van der Waals surface area contributed by atoms with Gasteiger partial charge in [0.1, 0.15) is 0 Å². The molecule has 0 radical (unpaired) electrons. The molecule has 0 saturated carbocycles. The summed E-state index contributed by atoms with van der Waals surface area (Å²) in [5.41, 5.74) is 22.5. The van der Waals surface area contributed by atoms with Crippen molar-refractivity contribution < 1.29 is 0 Å². The monoisotopic (exact) mass is 1350 g/mol. The molecule has 3 heterocycles. The van der Waals surface area contributed by atoms with E-state index in [1.165, 1.54) is 225 Å². The van der Waals surface area contributed by atoms with Crippen LogP contribution in [0.25, 0.3) is 214 Å². The van der Waals surface area contributed by atoms with Gasteiger partial charge >= 0.3 is 0 Å². The van der Waals surface area contributed by atoms with Crippen molar-refractivity contribution in [1.82, 2.24) is 0 Å². The van der Waals surface area contributed by atoms with E-state index in [0.29, 0.717) is 0 Å². The summed E-state index contributed by atoms with van der Waals surface area (Å²) in [4.78, 5) is 0. The second kappa shape index (κ2) is 23.4. The molecule has 0 saturated heterocycles. The van der Waals surface area contributed by atoms with Crippen LogP contribution in [0.5, 0.6) is 0 Å². The van der Waals surface area contributed by atoms with Crippen molar-refractivity contribution in [2.45, 2.75) is 20.3 Å². The van der Waals surface area contributed by atoms with Gasteiger partial charge in [-0.1, -0.05) is 274 Å². The van der Waals surface area contributed by atoms with Crippen molar-refractivity contribution in [3.63, 3.8) is 0 Å². The molecule has 21 aromatic rings. The standard InChI is InChI=1S/C99H62S3/c1-3-68-95(79-42-15-16-43-80(79)99-97(68)81-49-48-67(54-90(81)102-99)94-73-36-9-7-34-71(73)92(72-35-8-10-37-74(72)94)65-30-22-26-60(51-65)59-24-5-4-6-25-59)82-53-64(47-46-58(82)2)62-28-21-27-61(50-62)63-29-23-31-66(52-63)93-75-38-11-13-40-77(75)96(78-41-14-12-39-76(78)93)85-56-86-70-33-18-20-45-89(70)101-98(86)87-57-91-84(55-83(85)87)69-32-17-19-44-88(69)100-91/h4-57H,3H2,1-2H3. The zero-order valence-electron chi connectivity index (χ0n) is 56.1. The summed E-state index contributed by atoms with van der Waals surface area (Å²) in [6, 6.07) is 124. The maximum Gasteiger partial charge on any atom is 0.0437 e. The van der Waals surface area contributed by atoms with Crippen LogP contribution in [0.15, 0.2) is 328 Å². The molecular weight excluding hydrogens is 1290 g/mol. The third kappa shape index (κ3) is 9.11. The van der Waals surface area contributed by atoms with Crippen molar-refractivity contribution in [3.8, 4) is 89.0 Å². The van der Waals surface area contributed by atoms with Crippen LogP contribution in [0.1, 0.15) is 18.1 Å². The summed E-state index contributed by atoms with van der Waals surface area (Å²) >= 11 is 5.78. The van der Waals surface area contributed by atoms with Crippen LogP contribution in [0.2, 0.25) is 0 Å². The number of aryl methyl sites for hydroxylation is 2. The Bertz CT molecular complexity index is 7000. The van der Waals surface area contributed by atoms with Crippen LogP contribution < -0.4 is 0 Å². The molecule has 0 aliphatic rings. The van der Waals surface area contributed by atoms with E-state index in [2.05, 4.69) is 341 Å². The molecule has 102 heavy (non-hydrogen) atoms. The molecule has 0 spiro atoms. The minimum absolute atomic E-state index is 0.894. The summed E-state index contributed by atoms with van der Waals surface area (Å²) in [7, 11) is 0. The van der Waals surface area contributed by atoms with E-state index in [0.717, 1.165) is 6.42 Å². The largest absolute Gasteiger partial charge is 0.135 e. The first kappa shape index (κ1) is 59.1. The van der Waals surface area contributed by atoms with Gasteiger partial charge in [-0.15, -0.1) is 34.0 Å². The van der Waals surface area contributed by atoms with Gasteiger partial charge in [0.05, 0.1) is 0 Å². The Morgan fingerprint density at radius 3 is 1.16 bits per heavy atom. The van der Waals surface area contributed by atoms with Crippen molar-refractivity contribution in [1.29, 1.82) is 0 Å². The third-order valence-electron chi connectivity index (χ3n) is 21.9. The number of fused-ring (bicyclic) bond motifs is 17. The number of benzene rings is 18. The molecule has 0 N–H and O–H groups in total. The van der Waals surface area contributed by atoms with Crippen LogP contribution in [0.4, 0.5) is 0 Å². The molecule has 0 bridgehead atoms. The van der Waals surface area contributed by atoms with E-state index in [9.17, 15) is 0 Å². The predicted octanol–water partition coefficient (Wildman–Crippen LogP) is 29.9. The van der Waals surface area contributed by atoms with Gasteiger partial charge < -0.3 is 0 Å². The van der Waals surface area contributed by atoms with E-state index in [4.69, 9.17) is 0 Å². The lowest BCUT2D eigenvalue weighted by Crippen LogP contribution is -1.95. The third-order valence-corrected chi connectivity index (χ3v) is 25.5. The fraction of sp³-hybridized carbons (Fsp3) is 0.0303. The van der Waals surface area contributed by atoms with Gasteiger partial charge in [0.15, 0.2) is 0 Å². The first-order valence-electron chi connectivity index (χ1n) is 35.4. The van der Waals surface area contributed by atoms with Gasteiger partial charge in [-0.25, -0.2) is 0 Å². The van der Waals surface area contributed by atoms with Gasteiger partial charge in [0, 0.05) is 71.3 Å². The molecule has 0 aliphatic carbocycles. The molecule has 0 fully saturated rings. The number of hydrogen-bond acceptors (Lipinski definition) is 3. The van der Waals surface area contributed by atoms with Crippen LogP contribution in [0.3, 0.4) is 0 Å². The second-order valence-corrected chi connectivity index (χ2v) is 30.7. The van der Waals surface area contributed by atoms with Crippen molar-refractivity contribution in [3.05, 3.63) is 339 Å². The Hall–Kier alpha value is -11.8. The summed E-state index contributed by atoms with van der Waals surface area (Å²) in [6.07, 6.45) is 0.894. The molecule has 0 unspecified atom stereocenters. The fourth-order valence-corrected chi connectivity index (χ4v) is 21.0.